The Balaban J connectivity index is 2.17. The molecule has 2 rings (SSSR count). The van der Waals surface area contributed by atoms with Crippen molar-refractivity contribution in [3.8, 4) is 0 Å². The monoisotopic (exact) mass is 394 g/mol. The van der Waals surface area contributed by atoms with Crippen molar-refractivity contribution in [2.45, 2.75) is 39.2 Å². The van der Waals surface area contributed by atoms with Gasteiger partial charge in [0.1, 0.15) is 0 Å². The smallest absolute Gasteiger partial charge is 0.0843 e. The summed E-state index contributed by atoms with van der Waals surface area (Å²) in [5, 5.41) is 0. The fraction of sp³-hybridized carbons (Fsp3) is 0.692. The molecule has 3 N–H and O–H groups in total. The third-order valence-electron chi connectivity index (χ3n) is 3.84. The molecule has 1 fully saturated rings. The Hall–Kier alpha value is 0.580. The number of nitrogens with one attached hydrogen (secondary N) is 1. The molecule has 1 saturated carbocycles. The number of rotatable bonds is 3. The Morgan fingerprint density at radius 2 is 1.89 bits per heavy atom. The van der Waals surface area contributed by atoms with Gasteiger partial charge >= 0.3 is 0 Å². The Labute approximate surface area is 130 Å². The van der Waals surface area contributed by atoms with E-state index in [0.29, 0.717) is 5.92 Å². The number of hydrogen-bond donors (Lipinski definition) is 2. The van der Waals surface area contributed by atoms with Crippen molar-refractivity contribution in [2.75, 3.05) is 0 Å². The minimum Gasteiger partial charge on any atom is -0.271 e. The van der Waals surface area contributed by atoms with Crippen LogP contribution < -0.4 is 11.3 Å². The molecule has 2 nitrogen and oxygen atoms in total. The second-order valence-electron chi connectivity index (χ2n) is 5.59. The van der Waals surface area contributed by atoms with Crippen LogP contribution in [0.5, 0.6) is 0 Å². The van der Waals surface area contributed by atoms with Crippen LogP contribution in [0.25, 0.3) is 0 Å². The maximum absolute atomic E-state index is 5.81. The van der Waals surface area contributed by atoms with Crippen LogP contribution >= 0.6 is 43.2 Å². The fourth-order valence-corrected chi connectivity index (χ4v) is 5.49. The van der Waals surface area contributed by atoms with Gasteiger partial charge < -0.3 is 0 Å². The van der Waals surface area contributed by atoms with Crippen LogP contribution in [0.3, 0.4) is 0 Å². The van der Waals surface area contributed by atoms with E-state index >= 15 is 0 Å². The van der Waals surface area contributed by atoms with Crippen LogP contribution in [0, 0.1) is 17.8 Å². The summed E-state index contributed by atoms with van der Waals surface area (Å²) in [6, 6.07) is 2.46. The first kappa shape index (κ1) is 15.0. The third-order valence-corrected chi connectivity index (χ3v) is 7.18. The van der Waals surface area contributed by atoms with E-state index in [9.17, 15) is 0 Å². The van der Waals surface area contributed by atoms with Gasteiger partial charge in [-0.3, -0.25) is 11.3 Å². The first-order valence-corrected chi connectivity index (χ1v) is 8.82. The molecule has 1 aliphatic rings. The molecule has 0 aromatic carbocycles. The van der Waals surface area contributed by atoms with Crippen LogP contribution in [-0.4, -0.2) is 0 Å². The van der Waals surface area contributed by atoms with E-state index in [1.807, 2.05) is 0 Å². The highest BCUT2D eigenvalue weighted by atomic mass is 79.9. The molecule has 1 heterocycles. The Bertz CT molecular complexity index is 378. The predicted molar refractivity (Wildman–Crippen MR) is 85.5 cm³/mol. The second kappa shape index (κ2) is 6.35. The highest BCUT2D eigenvalue weighted by Crippen LogP contribution is 2.43. The van der Waals surface area contributed by atoms with Gasteiger partial charge in [-0.1, -0.05) is 13.8 Å². The summed E-state index contributed by atoms with van der Waals surface area (Å²) in [5.74, 6) is 8.07. The number of thiophene rings is 1. The van der Waals surface area contributed by atoms with E-state index in [0.717, 1.165) is 20.1 Å². The zero-order valence-electron chi connectivity index (χ0n) is 10.7. The van der Waals surface area contributed by atoms with Gasteiger partial charge in [-0.15, -0.1) is 11.3 Å². The molecule has 0 amide bonds. The third kappa shape index (κ3) is 3.37. The van der Waals surface area contributed by atoms with Gasteiger partial charge in [0.15, 0.2) is 0 Å². The summed E-state index contributed by atoms with van der Waals surface area (Å²) < 4.78 is 2.27. The lowest BCUT2D eigenvalue weighted by molar-refractivity contribution is 0.178. The zero-order chi connectivity index (χ0) is 13.3. The van der Waals surface area contributed by atoms with Crippen LogP contribution in [-0.2, 0) is 0 Å². The lowest BCUT2D eigenvalue weighted by atomic mass is 9.73. The van der Waals surface area contributed by atoms with E-state index in [2.05, 4.69) is 57.2 Å². The van der Waals surface area contributed by atoms with Crippen LogP contribution in [0.15, 0.2) is 14.3 Å². The molecule has 3 unspecified atom stereocenters. The van der Waals surface area contributed by atoms with Crippen LogP contribution in [0.1, 0.15) is 44.0 Å². The molecule has 1 aromatic rings. The average molecular weight is 396 g/mol. The van der Waals surface area contributed by atoms with Gasteiger partial charge in [-0.2, -0.15) is 0 Å². The SMILES string of the molecule is CC1CC(C)CC(C(NN)c2cc(Br)c(Br)s2)C1. The van der Waals surface area contributed by atoms with E-state index in [1.54, 1.807) is 11.3 Å². The minimum absolute atomic E-state index is 0.280. The Kier molecular flexibility index (Phi) is 5.29. The lowest BCUT2D eigenvalue weighted by Gasteiger charge is -2.35. The number of hydrazine groups is 1. The summed E-state index contributed by atoms with van der Waals surface area (Å²) in [4.78, 5) is 1.32. The van der Waals surface area contributed by atoms with Crippen molar-refractivity contribution in [1.29, 1.82) is 0 Å². The summed E-state index contributed by atoms with van der Waals surface area (Å²) in [6.45, 7) is 4.72. The van der Waals surface area contributed by atoms with Gasteiger partial charge in [0.05, 0.1) is 9.83 Å². The van der Waals surface area contributed by atoms with Crippen molar-refractivity contribution in [3.63, 3.8) is 0 Å². The Morgan fingerprint density at radius 3 is 2.33 bits per heavy atom. The van der Waals surface area contributed by atoms with Crippen molar-refractivity contribution < 1.29 is 0 Å². The van der Waals surface area contributed by atoms with Gasteiger partial charge in [0.25, 0.3) is 0 Å². The highest BCUT2D eigenvalue weighted by Gasteiger charge is 2.31. The molecule has 3 atom stereocenters. The van der Waals surface area contributed by atoms with E-state index in [4.69, 9.17) is 5.84 Å². The first-order valence-electron chi connectivity index (χ1n) is 6.42. The quantitative estimate of drug-likeness (QED) is 0.567. The summed E-state index contributed by atoms with van der Waals surface area (Å²) >= 11 is 8.89. The van der Waals surface area contributed by atoms with Crippen molar-refractivity contribution >= 4 is 43.2 Å². The maximum atomic E-state index is 5.81. The van der Waals surface area contributed by atoms with Crippen LogP contribution in [0.2, 0.25) is 0 Å². The molecule has 0 spiro atoms. The topological polar surface area (TPSA) is 38.0 Å². The standard InChI is InChI=1S/C13H20Br2N2S/c1-7-3-8(2)5-9(4-7)12(17-16)11-6-10(14)13(15)18-11/h6-9,12,17H,3-5,16H2,1-2H3. The summed E-state index contributed by atoms with van der Waals surface area (Å²) in [7, 11) is 0. The maximum Gasteiger partial charge on any atom is 0.0843 e. The largest absolute Gasteiger partial charge is 0.271 e. The molecular weight excluding hydrogens is 376 g/mol. The second-order valence-corrected chi connectivity index (χ2v) is 8.85. The van der Waals surface area contributed by atoms with E-state index in [1.165, 1.54) is 24.1 Å². The first-order chi connectivity index (χ1) is 8.51. The van der Waals surface area contributed by atoms with E-state index in [-0.39, 0.29) is 6.04 Å². The summed E-state index contributed by atoms with van der Waals surface area (Å²) in [5.41, 5.74) is 3.04. The van der Waals surface area contributed by atoms with Crippen molar-refractivity contribution in [2.24, 2.45) is 23.6 Å². The van der Waals surface area contributed by atoms with Gasteiger partial charge in [-0.05, 0) is 74.9 Å². The molecule has 0 radical (unpaired) electrons. The molecule has 102 valence electrons. The molecule has 1 aromatic heterocycles. The Morgan fingerprint density at radius 1 is 1.28 bits per heavy atom. The minimum atomic E-state index is 0.280. The fourth-order valence-electron chi connectivity index (χ4n) is 3.25. The molecule has 0 saturated heterocycles. The van der Waals surface area contributed by atoms with E-state index < -0.39 is 0 Å². The number of hydrogen-bond acceptors (Lipinski definition) is 3. The molecule has 18 heavy (non-hydrogen) atoms. The molecule has 5 heteroatoms. The normalized spacial score (nSPS) is 30.4. The molecular formula is C13H20Br2N2S. The lowest BCUT2D eigenvalue weighted by Crippen LogP contribution is -2.36. The molecule has 0 aliphatic heterocycles. The van der Waals surface area contributed by atoms with Crippen LogP contribution in [0.4, 0.5) is 0 Å². The van der Waals surface area contributed by atoms with Crippen molar-refractivity contribution in [1.82, 2.24) is 5.43 Å². The number of halogens is 2. The number of nitrogens with two attached hydrogens (primary N) is 1. The summed E-state index contributed by atoms with van der Waals surface area (Å²) in [6.07, 6.45) is 3.89. The zero-order valence-corrected chi connectivity index (χ0v) is 14.7. The molecule has 1 aliphatic carbocycles. The molecule has 0 bridgehead atoms. The van der Waals surface area contributed by atoms with Gasteiger partial charge in [0, 0.05) is 9.35 Å². The predicted octanol–water partition coefficient (Wildman–Crippen LogP) is 4.85. The van der Waals surface area contributed by atoms with Gasteiger partial charge in [0.2, 0.25) is 0 Å². The average Bonchev–Trinajstić information content (AvgIpc) is 2.58. The van der Waals surface area contributed by atoms with Gasteiger partial charge in [-0.25, -0.2) is 0 Å². The highest BCUT2D eigenvalue weighted by molar-refractivity contribution is 9.13. The van der Waals surface area contributed by atoms with Crippen molar-refractivity contribution in [3.05, 3.63) is 19.2 Å².